The normalized spacial score (nSPS) is 15.6. The summed E-state index contributed by atoms with van der Waals surface area (Å²) in [5.41, 5.74) is 4.16. The Bertz CT molecular complexity index is 1400. The first-order valence-electron chi connectivity index (χ1n) is 11.7. The van der Waals surface area contributed by atoms with Crippen LogP contribution in [0.5, 0.6) is 5.75 Å². The average molecular weight is 491 g/mol. The van der Waals surface area contributed by atoms with Crippen LogP contribution in [0.3, 0.4) is 0 Å². The maximum Gasteiger partial charge on any atom is 0.251 e. The van der Waals surface area contributed by atoms with Crippen LogP contribution in [0, 0.1) is 12.7 Å². The van der Waals surface area contributed by atoms with Crippen LogP contribution in [0.1, 0.15) is 15.9 Å². The quantitative estimate of drug-likeness (QED) is 0.365. The second-order valence-electron chi connectivity index (χ2n) is 8.52. The third kappa shape index (κ3) is 4.86. The number of morpholine rings is 1. The Morgan fingerprint density at radius 3 is 2.92 bits per heavy atom. The monoisotopic (exact) mass is 490 g/mol. The van der Waals surface area contributed by atoms with Crippen LogP contribution >= 0.6 is 0 Å². The zero-order valence-electron chi connectivity index (χ0n) is 20.0. The topological polar surface area (TPSA) is 102 Å². The number of hydrogen-bond acceptors (Lipinski definition) is 7. The lowest BCUT2D eigenvalue weighted by molar-refractivity contribution is 0.0287. The van der Waals surface area contributed by atoms with Crippen LogP contribution < -0.4 is 20.7 Å². The smallest absolute Gasteiger partial charge is 0.251 e. The molecule has 0 spiro atoms. The molecule has 36 heavy (non-hydrogen) atoms. The summed E-state index contributed by atoms with van der Waals surface area (Å²) in [4.78, 5) is 21.6. The summed E-state index contributed by atoms with van der Waals surface area (Å²) < 4.78 is 26.8. The molecular formula is C26H27FN6O3. The molecule has 1 aliphatic rings. The molecule has 1 fully saturated rings. The summed E-state index contributed by atoms with van der Waals surface area (Å²) in [6.07, 6.45) is 5.07. The van der Waals surface area contributed by atoms with Gasteiger partial charge in [-0.1, -0.05) is 0 Å². The standard InChI is InChI=1S/C26H27FN6O3/c1-16-11-18(4-5-20(16)26(34)31-14-19-13-28-8-10-36-19)32-24-25-30-15-22(33(25)9-7-29-24)17-3-6-23(35-2)21(27)12-17/h3-7,9,11-12,15,19,28H,8,10,13-14H2,1-2H3,(H,29,32)(H,31,34). The highest BCUT2D eigenvalue weighted by Gasteiger charge is 2.17. The molecule has 1 aliphatic heterocycles. The van der Waals surface area contributed by atoms with Gasteiger partial charge in [0.1, 0.15) is 0 Å². The molecular weight excluding hydrogens is 463 g/mol. The number of fused-ring (bicyclic) bond motifs is 1. The number of nitrogens with zero attached hydrogens (tertiary/aromatic N) is 3. The summed E-state index contributed by atoms with van der Waals surface area (Å²) in [6.45, 7) is 4.55. The minimum Gasteiger partial charge on any atom is -0.494 e. The lowest BCUT2D eigenvalue weighted by Crippen LogP contribution is -2.45. The molecule has 10 heteroatoms. The highest BCUT2D eigenvalue weighted by molar-refractivity contribution is 5.96. The van der Waals surface area contributed by atoms with Gasteiger partial charge in [-0.3, -0.25) is 9.20 Å². The molecule has 9 nitrogen and oxygen atoms in total. The largest absolute Gasteiger partial charge is 0.494 e. The fraction of sp³-hybridized carbons (Fsp3) is 0.269. The zero-order valence-corrected chi connectivity index (χ0v) is 20.0. The van der Waals surface area contributed by atoms with E-state index < -0.39 is 5.82 Å². The molecule has 2 aromatic heterocycles. The van der Waals surface area contributed by atoms with Crippen LogP contribution in [0.15, 0.2) is 55.0 Å². The highest BCUT2D eigenvalue weighted by atomic mass is 19.1. The van der Waals surface area contributed by atoms with E-state index in [2.05, 4.69) is 25.9 Å². The van der Waals surface area contributed by atoms with Crippen LogP contribution in [0.4, 0.5) is 15.9 Å². The Kier molecular flexibility index (Phi) is 6.79. The van der Waals surface area contributed by atoms with Crippen molar-refractivity contribution in [1.29, 1.82) is 0 Å². The minimum atomic E-state index is -0.445. The summed E-state index contributed by atoms with van der Waals surface area (Å²) in [7, 11) is 1.43. The molecule has 2 aromatic carbocycles. The molecule has 186 valence electrons. The van der Waals surface area contributed by atoms with Crippen molar-refractivity contribution in [3.63, 3.8) is 0 Å². The molecule has 4 aromatic rings. The van der Waals surface area contributed by atoms with E-state index in [1.807, 2.05) is 23.5 Å². The number of halogens is 1. The van der Waals surface area contributed by atoms with Crippen LogP contribution in [0.2, 0.25) is 0 Å². The van der Waals surface area contributed by atoms with E-state index in [0.29, 0.717) is 35.7 Å². The maximum absolute atomic E-state index is 14.3. The van der Waals surface area contributed by atoms with Gasteiger partial charge < -0.3 is 25.4 Å². The van der Waals surface area contributed by atoms with Crippen molar-refractivity contribution in [3.8, 4) is 17.0 Å². The predicted octanol–water partition coefficient (Wildman–Crippen LogP) is 3.31. The first-order chi connectivity index (χ1) is 17.5. The number of carbonyl (C=O) groups is 1. The molecule has 0 bridgehead atoms. The highest BCUT2D eigenvalue weighted by Crippen LogP contribution is 2.28. The molecule has 1 saturated heterocycles. The van der Waals surface area contributed by atoms with E-state index in [1.165, 1.54) is 13.2 Å². The molecule has 0 aliphatic carbocycles. The van der Waals surface area contributed by atoms with E-state index in [-0.39, 0.29) is 17.8 Å². The second-order valence-corrected chi connectivity index (χ2v) is 8.52. The molecule has 1 amide bonds. The lowest BCUT2D eigenvalue weighted by atomic mass is 10.1. The lowest BCUT2D eigenvalue weighted by Gasteiger charge is -2.23. The number of aryl methyl sites for hydroxylation is 1. The Morgan fingerprint density at radius 1 is 1.28 bits per heavy atom. The molecule has 1 atom stereocenters. The molecule has 5 rings (SSSR count). The molecule has 3 N–H and O–H groups in total. The summed E-state index contributed by atoms with van der Waals surface area (Å²) in [6, 6.07) is 10.3. The van der Waals surface area contributed by atoms with E-state index in [0.717, 1.165) is 30.0 Å². The Hall–Kier alpha value is -4.02. The fourth-order valence-electron chi connectivity index (χ4n) is 4.23. The zero-order chi connectivity index (χ0) is 25.1. The van der Waals surface area contributed by atoms with Crippen LogP contribution in [0.25, 0.3) is 16.9 Å². The SMILES string of the molecule is COc1ccc(-c2cnc3c(Nc4ccc(C(=O)NCC5CNCCO5)c(C)c4)nccn23)cc1F. The van der Waals surface area contributed by atoms with E-state index >= 15 is 0 Å². The van der Waals surface area contributed by atoms with E-state index in [9.17, 15) is 9.18 Å². The van der Waals surface area contributed by atoms with Gasteiger partial charge in [0.2, 0.25) is 0 Å². The van der Waals surface area contributed by atoms with Crippen LogP contribution in [-0.4, -0.2) is 59.7 Å². The van der Waals surface area contributed by atoms with Crippen molar-refractivity contribution >= 4 is 23.1 Å². The van der Waals surface area contributed by atoms with Crippen LogP contribution in [-0.2, 0) is 4.74 Å². The molecule has 1 unspecified atom stereocenters. The van der Waals surface area contributed by atoms with E-state index in [4.69, 9.17) is 9.47 Å². The first kappa shape index (κ1) is 23.7. The first-order valence-corrected chi connectivity index (χ1v) is 11.7. The Balaban J connectivity index is 1.33. The number of methoxy groups -OCH3 is 1. The summed E-state index contributed by atoms with van der Waals surface area (Å²) >= 11 is 0. The number of aromatic nitrogens is 3. The van der Waals surface area contributed by atoms with Crippen molar-refractivity contribution in [2.45, 2.75) is 13.0 Å². The van der Waals surface area contributed by atoms with Gasteiger partial charge in [-0.2, -0.15) is 0 Å². The van der Waals surface area contributed by atoms with Gasteiger partial charge in [-0.15, -0.1) is 0 Å². The number of ether oxygens (including phenoxy) is 2. The molecule has 0 saturated carbocycles. The van der Waals surface area contributed by atoms with Gasteiger partial charge in [0.15, 0.2) is 23.0 Å². The fourth-order valence-corrected chi connectivity index (χ4v) is 4.23. The van der Waals surface area contributed by atoms with Crippen molar-refractivity contribution < 1.29 is 18.7 Å². The van der Waals surface area contributed by atoms with E-state index in [1.54, 1.807) is 36.8 Å². The van der Waals surface area contributed by atoms with Gasteiger partial charge >= 0.3 is 0 Å². The predicted molar refractivity (Wildman–Crippen MR) is 134 cm³/mol. The number of imidazole rings is 1. The molecule has 0 radical (unpaired) electrons. The molecule has 3 heterocycles. The minimum absolute atomic E-state index is 0.0237. The van der Waals surface area contributed by atoms with Crippen molar-refractivity contribution in [2.75, 3.05) is 38.7 Å². The van der Waals surface area contributed by atoms with Gasteiger partial charge in [0.05, 0.1) is 31.7 Å². The van der Waals surface area contributed by atoms with Gasteiger partial charge in [0.25, 0.3) is 5.91 Å². The third-order valence-electron chi connectivity index (χ3n) is 6.10. The summed E-state index contributed by atoms with van der Waals surface area (Å²) in [5.74, 6) is 0.137. The third-order valence-corrected chi connectivity index (χ3v) is 6.10. The Morgan fingerprint density at radius 2 is 2.17 bits per heavy atom. The van der Waals surface area contributed by atoms with Crippen molar-refractivity contribution in [1.82, 2.24) is 25.0 Å². The van der Waals surface area contributed by atoms with Crippen molar-refractivity contribution in [3.05, 3.63) is 71.9 Å². The van der Waals surface area contributed by atoms with Gasteiger partial charge in [-0.05, 0) is 48.9 Å². The number of nitrogens with one attached hydrogen (secondary N) is 3. The Labute approximate surface area is 207 Å². The summed E-state index contributed by atoms with van der Waals surface area (Å²) in [5, 5.41) is 9.48. The maximum atomic E-state index is 14.3. The average Bonchev–Trinajstić information content (AvgIpc) is 3.33. The van der Waals surface area contributed by atoms with Gasteiger partial charge in [-0.25, -0.2) is 14.4 Å². The van der Waals surface area contributed by atoms with Gasteiger partial charge in [0, 0.05) is 48.8 Å². The number of rotatable bonds is 7. The number of hydrogen-bond donors (Lipinski definition) is 3. The number of benzene rings is 2. The number of anilines is 2. The second kappa shape index (κ2) is 10.3. The van der Waals surface area contributed by atoms with Crippen molar-refractivity contribution in [2.24, 2.45) is 0 Å². The number of amides is 1. The number of carbonyl (C=O) groups excluding carboxylic acids is 1.